The first kappa shape index (κ1) is 11.8. The molecule has 0 aliphatic carbocycles. The van der Waals surface area contributed by atoms with E-state index in [0.717, 1.165) is 11.3 Å². The van der Waals surface area contributed by atoms with Crippen LogP contribution in [0.3, 0.4) is 0 Å². The Kier molecular flexibility index (Phi) is 3.56. The molecular weight excluding hydrogens is 216 g/mol. The molecule has 0 aliphatic rings. The van der Waals surface area contributed by atoms with Gasteiger partial charge in [-0.2, -0.15) is 5.10 Å². The predicted molar refractivity (Wildman–Crippen MR) is 65.3 cm³/mol. The number of aliphatic hydroxyl groups excluding tert-OH is 1. The SMILES string of the molecule is COCn1nc(CO)cc1-c1ccc(C)cc1. The Bertz CT molecular complexity index is 489. The molecular formula is C13H16N2O2. The molecule has 1 N–H and O–H groups in total. The van der Waals surface area contributed by atoms with E-state index >= 15 is 0 Å². The summed E-state index contributed by atoms with van der Waals surface area (Å²) >= 11 is 0. The molecule has 0 saturated heterocycles. The first-order valence-corrected chi connectivity index (χ1v) is 5.48. The van der Waals surface area contributed by atoms with Crippen molar-refractivity contribution < 1.29 is 9.84 Å². The normalized spacial score (nSPS) is 10.8. The Hall–Kier alpha value is -1.65. The Morgan fingerprint density at radius 2 is 2.00 bits per heavy atom. The van der Waals surface area contributed by atoms with Crippen molar-refractivity contribution >= 4 is 0 Å². The Labute approximate surface area is 100 Å². The summed E-state index contributed by atoms with van der Waals surface area (Å²) < 4.78 is 6.84. The van der Waals surface area contributed by atoms with E-state index in [1.54, 1.807) is 11.8 Å². The van der Waals surface area contributed by atoms with Gasteiger partial charge in [-0.1, -0.05) is 29.8 Å². The standard InChI is InChI=1S/C13H16N2O2/c1-10-3-5-11(6-4-10)13-7-12(8-16)14-15(13)9-17-2/h3-7,16H,8-9H2,1-2H3. The lowest BCUT2D eigenvalue weighted by molar-refractivity contribution is 0.121. The highest BCUT2D eigenvalue weighted by atomic mass is 16.5. The van der Waals surface area contributed by atoms with Crippen LogP contribution in [0.2, 0.25) is 0 Å². The summed E-state index contributed by atoms with van der Waals surface area (Å²) in [7, 11) is 1.62. The average molecular weight is 232 g/mol. The molecule has 17 heavy (non-hydrogen) atoms. The zero-order valence-electron chi connectivity index (χ0n) is 10.1. The first-order chi connectivity index (χ1) is 8.24. The number of hydrogen-bond donors (Lipinski definition) is 1. The van der Waals surface area contributed by atoms with Gasteiger partial charge in [0.2, 0.25) is 0 Å². The maximum Gasteiger partial charge on any atom is 0.139 e. The Balaban J connectivity index is 2.42. The fraction of sp³-hybridized carbons (Fsp3) is 0.308. The molecule has 0 aliphatic heterocycles. The van der Waals surface area contributed by atoms with Gasteiger partial charge in [0.05, 0.1) is 18.0 Å². The fourth-order valence-electron chi connectivity index (χ4n) is 1.72. The third-order valence-electron chi connectivity index (χ3n) is 2.59. The van der Waals surface area contributed by atoms with Crippen molar-refractivity contribution in [2.24, 2.45) is 0 Å². The number of aromatic nitrogens is 2. The maximum atomic E-state index is 9.12. The zero-order chi connectivity index (χ0) is 12.3. The molecule has 1 aromatic heterocycles. The smallest absolute Gasteiger partial charge is 0.139 e. The van der Waals surface area contributed by atoms with Crippen molar-refractivity contribution in [3.8, 4) is 11.3 Å². The van der Waals surface area contributed by atoms with E-state index in [1.165, 1.54) is 5.56 Å². The van der Waals surface area contributed by atoms with Crippen molar-refractivity contribution in [3.63, 3.8) is 0 Å². The highest BCUT2D eigenvalue weighted by Gasteiger charge is 2.08. The molecule has 1 heterocycles. The molecule has 90 valence electrons. The Morgan fingerprint density at radius 3 is 2.59 bits per heavy atom. The summed E-state index contributed by atoms with van der Waals surface area (Å²) in [6.07, 6.45) is 0. The molecule has 0 fully saturated rings. The molecule has 0 saturated carbocycles. The number of nitrogens with zero attached hydrogens (tertiary/aromatic N) is 2. The number of aliphatic hydroxyl groups is 1. The molecule has 2 rings (SSSR count). The monoisotopic (exact) mass is 232 g/mol. The molecule has 0 spiro atoms. The van der Waals surface area contributed by atoms with Crippen molar-refractivity contribution in [3.05, 3.63) is 41.6 Å². The maximum absolute atomic E-state index is 9.12. The molecule has 0 radical (unpaired) electrons. The topological polar surface area (TPSA) is 47.3 Å². The molecule has 0 atom stereocenters. The quantitative estimate of drug-likeness (QED) is 0.876. The van der Waals surface area contributed by atoms with Crippen LogP contribution in [-0.4, -0.2) is 22.0 Å². The number of hydrogen-bond acceptors (Lipinski definition) is 3. The lowest BCUT2D eigenvalue weighted by Gasteiger charge is -2.06. The predicted octanol–water partition coefficient (Wildman–Crippen LogP) is 1.95. The van der Waals surface area contributed by atoms with Gasteiger partial charge in [0.25, 0.3) is 0 Å². The minimum atomic E-state index is -0.0599. The van der Waals surface area contributed by atoms with Crippen molar-refractivity contribution in [1.82, 2.24) is 9.78 Å². The summed E-state index contributed by atoms with van der Waals surface area (Å²) in [5.41, 5.74) is 3.89. The highest BCUT2D eigenvalue weighted by Crippen LogP contribution is 2.21. The van der Waals surface area contributed by atoms with Crippen LogP contribution in [0, 0.1) is 6.92 Å². The minimum Gasteiger partial charge on any atom is -0.390 e. The van der Waals surface area contributed by atoms with Gasteiger partial charge in [-0.25, -0.2) is 4.68 Å². The van der Waals surface area contributed by atoms with E-state index in [9.17, 15) is 0 Å². The number of benzene rings is 1. The molecule has 4 nitrogen and oxygen atoms in total. The van der Waals surface area contributed by atoms with Crippen LogP contribution < -0.4 is 0 Å². The van der Waals surface area contributed by atoms with Crippen LogP contribution in [0.1, 0.15) is 11.3 Å². The third kappa shape index (κ3) is 2.54. The number of methoxy groups -OCH3 is 1. The summed E-state index contributed by atoms with van der Waals surface area (Å²) in [4.78, 5) is 0. The van der Waals surface area contributed by atoms with Gasteiger partial charge in [0.15, 0.2) is 0 Å². The number of rotatable bonds is 4. The fourth-order valence-corrected chi connectivity index (χ4v) is 1.72. The van der Waals surface area contributed by atoms with E-state index in [4.69, 9.17) is 9.84 Å². The first-order valence-electron chi connectivity index (χ1n) is 5.48. The van der Waals surface area contributed by atoms with Crippen LogP contribution in [0.15, 0.2) is 30.3 Å². The number of aryl methyl sites for hydroxylation is 1. The van der Waals surface area contributed by atoms with Gasteiger partial charge in [-0.15, -0.1) is 0 Å². The van der Waals surface area contributed by atoms with Crippen LogP contribution in [0.5, 0.6) is 0 Å². The van der Waals surface area contributed by atoms with E-state index in [0.29, 0.717) is 12.4 Å². The molecule has 0 unspecified atom stereocenters. The van der Waals surface area contributed by atoms with Gasteiger partial charge in [0, 0.05) is 7.11 Å². The second kappa shape index (κ2) is 5.12. The number of ether oxygens (including phenoxy) is 1. The lowest BCUT2D eigenvalue weighted by atomic mass is 10.1. The third-order valence-corrected chi connectivity index (χ3v) is 2.59. The van der Waals surface area contributed by atoms with E-state index in [1.807, 2.05) is 18.2 Å². The van der Waals surface area contributed by atoms with Crippen molar-refractivity contribution in [2.45, 2.75) is 20.3 Å². The average Bonchev–Trinajstić information content (AvgIpc) is 2.74. The summed E-state index contributed by atoms with van der Waals surface area (Å²) in [6, 6.07) is 10.1. The van der Waals surface area contributed by atoms with E-state index in [-0.39, 0.29) is 6.61 Å². The highest BCUT2D eigenvalue weighted by molar-refractivity contribution is 5.60. The van der Waals surface area contributed by atoms with Crippen LogP contribution in [0.4, 0.5) is 0 Å². The zero-order valence-corrected chi connectivity index (χ0v) is 10.1. The Morgan fingerprint density at radius 1 is 1.29 bits per heavy atom. The molecule has 0 amide bonds. The van der Waals surface area contributed by atoms with Crippen LogP contribution in [-0.2, 0) is 18.1 Å². The lowest BCUT2D eigenvalue weighted by Crippen LogP contribution is -2.04. The molecule has 1 aromatic carbocycles. The molecule has 4 heteroatoms. The van der Waals surface area contributed by atoms with E-state index < -0.39 is 0 Å². The minimum absolute atomic E-state index is 0.0599. The largest absolute Gasteiger partial charge is 0.390 e. The van der Waals surface area contributed by atoms with Gasteiger partial charge in [0.1, 0.15) is 6.73 Å². The van der Waals surface area contributed by atoms with Gasteiger partial charge in [-0.3, -0.25) is 0 Å². The second-order valence-electron chi connectivity index (χ2n) is 3.96. The van der Waals surface area contributed by atoms with Crippen molar-refractivity contribution in [1.29, 1.82) is 0 Å². The van der Waals surface area contributed by atoms with Gasteiger partial charge >= 0.3 is 0 Å². The van der Waals surface area contributed by atoms with Crippen LogP contribution in [0.25, 0.3) is 11.3 Å². The molecule has 2 aromatic rings. The van der Waals surface area contributed by atoms with Crippen molar-refractivity contribution in [2.75, 3.05) is 7.11 Å². The van der Waals surface area contributed by atoms with E-state index in [2.05, 4.69) is 24.2 Å². The van der Waals surface area contributed by atoms with Gasteiger partial charge < -0.3 is 9.84 Å². The molecule has 0 bridgehead atoms. The summed E-state index contributed by atoms with van der Waals surface area (Å²) in [5.74, 6) is 0. The summed E-state index contributed by atoms with van der Waals surface area (Å²) in [6.45, 7) is 2.37. The summed E-state index contributed by atoms with van der Waals surface area (Å²) in [5, 5.41) is 13.4. The second-order valence-corrected chi connectivity index (χ2v) is 3.96. The van der Waals surface area contributed by atoms with Crippen LogP contribution >= 0.6 is 0 Å². The van der Waals surface area contributed by atoms with Gasteiger partial charge in [-0.05, 0) is 18.6 Å².